The molecule has 6 heteroatoms. The summed E-state index contributed by atoms with van der Waals surface area (Å²) in [6.07, 6.45) is 3.58. The van der Waals surface area contributed by atoms with Crippen molar-refractivity contribution in [3.8, 4) is 0 Å². The molecule has 1 amide bonds. The van der Waals surface area contributed by atoms with Crippen molar-refractivity contribution < 1.29 is 9.53 Å². The quantitative estimate of drug-likeness (QED) is 0.892. The first-order chi connectivity index (χ1) is 12.2. The van der Waals surface area contributed by atoms with E-state index < -0.39 is 0 Å². The van der Waals surface area contributed by atoms with Crippen LogP contribution in [0.25, 0.3) is 0 Å². The highest BCUT2D eigenvalue weighted by molar-refractivity contribution is 7.11. The van der Waals surface area contributed by atoms with Gasteiger partial charge >= 0.3 is 0 Å². The minimum absolute atomic E-state index is 0.0551. The number of hydrogen-bond donors (Lipinski definition) is 1. The van der Waals surface area contributed by atoms with Gasteiger partial charge in [0.1, 0.15) is 0 Å². The van der Waals surface area contributed by atoms with Crippen LogP contribution in [0.3, 0.4) is 0 Å². The molecule has 2 fully saturated rings. The maximum Gasteiger partial charge on any atom is 0.252 e. The number of likely N-dealkylation sites (tertiary alicyclic amines) is 1. The smallest absolute Gasteiger partial charge is 0.252 e. The summed E-state index contributed by atoms with van der Waals surface area (Å²) in [5, 5.41) is 3.05. The first-order valence-corrected chi connectivity index (χ1v) is 9.58. The molecule has 2 aliphatic rings. The summed E-state index contributed by atoms with van der Waals surface area (Å²) in [7, 11) is 0. The van der Waals surface area contributed by atoms with Gasteiger partial charge in [-0.3, -0.25) is 14.7 Å². The summed E-state index contributed by atoms with van der Waals surface area (Å²) in [6.45, 7) is 6.61. The Morgan fingerprint density at radius 3 is 3.08 bits per heavy atom. The maximum absolute atomic E-state index is 12.2. The standard InChI is InChI=1S/C19H23N3O2S/c1-13-4-5-16(25-13)9-22-10-17-15(12-24-18(17)11-22)8-21-19(23)14-3-2-6-20-7-14/h2-7,15,17-18H,8-12H2,1H3,(H,21,23)/t15-,17-,18-/m1/s1. The second kappa shape index (κ2) is 7.23. The van der Waals surface area contributed by atoms with Gasteiger partial charge in [0.2, 0.25) is 0 Å². The van der Waals surface area contributed by atoms with E-state index in [9.17, 15) is 4.79 Å². The molecule has 2 aliphatic heterocycles. The lowest BCUT2D eigenvalue weighted by Crippen LogP contribution is -2.34. The number of thiophene rings is 1. The van der Waals surface area contributed by atoms with Crippen LogP contribution in [0.15, 0.2) is 36.7 Å². The van der Waals surface area contributed by atoms with Crippen LogP contribution in [0.1, 0.15) is 20.1 Å². The van der Waals surface area contributed by atoms with Crippen molar-refractivity contribution in [3.63, 3.8) is 0 Å². The first-order valence-electron chi connectivity index (χ1n) is 8.76. The van der Waals surface area contributed by atoms with E-state index in [4.69, 9.17) is 4.74 Å². The molecule has 1 N–H and O–H groups in total. The number of pyridine rings is 1. The highest BCUT2D eigenvalue weighted by Crippen LogP contribution is 2.34. The van der Waals surface area contributed by atoms with Gasteiger partial charge in [0.15, 0.2) is 0 Å². The summed E-state index contributed by atoms with van der Waals surface area (Å²) in [5.74, 6) is 0.844. The van der Waals surface area contributed by atoms with Gasteiger partial charge in [-0.05, 0) is 31.2 Å². The van der Waals surface area contributed by atoms with Crippen molar-refractivity contribution in [2.75, 3.05) is 26.2 Å². The fraction of sp³-hybridized carbons (Fsp3) is 0.474. The Balaban J connectivity index is 1.30. The van der Waals surface area contributed by atoms with Gasteiger partial charge < -0.3 is 10.1 Å². The zero-order valence-corrected chi connectivity index (χ0v) is 15.2. The minimum Gasteiger partial charge on any atom is -0.376 e. The number of nitrogens with zero attached hydrogens (tertiary/aromatic N) is 2. The van der Waals surface area contributed by atoms with E-state index in [1.165, 1.54) is 9.75 Å². The Hall–Kier alpha value is -1.76. The summed E-state index contributed by atoms with van der Waals surface area (Å²) in [5.41, 5.74) is 0.610. The molecular weight excluding hydrogens is 334 g/mol. The predicted octanol–water partition coefficient (Wildman–Crippen LogP) is 2.33. The predicted molar refractivity (Wildman–Crippen MR) is 97.6 cm³/mol. The lowest BCUT2D eigenvalue weighted by atomic mass is 9.93. The van der Waals surface area contributed by atoms with E-state index in [0.29, 0.717) is 30.0 Å². The molecule has 2 aromatic rings. The number of carbonyl (C=O) groups excluding carboxylic acids is 1. The van der Waals surface area contributed by atoms with Crippen LogP contribution >= 0.6 is 11.3 Å². The molecule has 132 valence electrons. The zero-order valence-electron chi connectivity index (χ0n) is 14.4. The van der Waals surface area contributed by atoms with Crippen LogP contribution in [0.5, 0.6) is 0 Å². The van der Waals surface area contributed by atoms with E-state index >= 15 is 0 Å². The van der Waals surface area contributed by atoms with Crippen LogP contribution in [0.2, 0.25) is 0 Å². The lowest BCUT2D eigenvalue weighted by molar-refractivity contribution is 0.0904. The van der Waals surface area contributed by atoms with E-state index in [2.05, 4.69) is 34.3 Å². The zero-order chi connectivity index (χ0) is 17.2. The van der Waals surface area contributed by atoms with Gasteiger partial charge in [-0.25, -0.2) is 0 Å². The van der Waals surface area contributed by atoms with Gasteiger partial charge in [0.05, 0.1) is 18.3 Å². The summed E-state index contributed by atoms with van der Waals surface area (Å²) in [6, 6.07) is 7.98. The third kappa shape index (κ3) is 3.76. The van der Waals surface area contributed by atoms with Gasteiger partial charge in [-0.2, -0.15) is 0 Å². The lowest BCUT2D eigenvalue weighted by Gasteiger charge is -2.19. The average Bonchev–Trinajstić information content (AvgIpc) is 3.30. The second-order valence-corrected chi connectivity index (χ2v) is 8.33. The molecule has 5 nitrogen and oxygen atoms in total. The number of rotatable bonds is 5. The number of aromatic nitrogens is 1. The van der Waals surface area contributed by atoms with Crippen LogP contribution in [-0.4, -0.2) is 48.1 Å². The molecule has 0 saturated carbocycles. The van der Waals surface area contributed by atoms with Crippen molar-refractivity contribution in [1.82, 2.24) is 15.2 Å². The average molecular weight is 357 g/mol. The van der Waals surface area contributed by atoms with Crippen molar-refractivity contribution in [2.24, 2.45) is 11.8 Å². The molecule has 2 aromatic heterocycles. The monoisotopic (exact) mass is 357 g/mol. The first kappa shape index (κ1) is 16.7. The number of nitrogens with one attached hydrogen (secondary N) is 1. The minimum atomic E-state index is -0.0551. The highest BCUT2D eigenvalue weighted by atomic mass is 32.1. The number of amides is 1. The Kier molecular flexibility index (Phi) is 4.83. The third-order valence-electron chi connectivity index (χ3n) is 5.14. The fourth-order valence-corrected chi connectivity index (χ4v) is 4.77. The highest BCUT2D eigenvalue weighted by Gasteiger charge is 2.43. The topological polar surface area (TPSA) is 54.5 Å². The Morgan fingerprint density at radius 1 is 1.40 bits per heavy atom. The van der Waals surface area contributed by atoms with Crippen molar-refractivity contribution in [1.29, 1.82) is 0 Å². The molecular formula is C19H23N3O2S. The molecule has 4 rings (SSSR count). The van der Waals surface area contributed by atoms with Gasteiger partial charge in [-0.1, -0.05) is 0 Å². The van der Waals surface area contributed by atoms with Crippen molar-refractivity contribution in [3.05, 3.63) is 52.0 Å². The summed E-state index contributed by atoms with van der Waals surface area (Å²) in [4.78, 5) is 21.5. The van der Waals surface area contributed by atoms with Crippen LogP contribution < -0.4 is 5.32 Å². The van der Waals surface area contributed by atoms with Gasteiger partial charge in [0.25, 0.3) is 5.91 Å². The third-order valence-corrected chi connectivity index (χ3v) is 6.12. The molecule has 0 bridgehead atoms. The normalized spacial score (nSPS) is 25.9. The maximum atomic E-state index is 12.2. The van der Waals surface area contributed by atoms with Crippen LogP contribution in [0, 0.1) is 18.8 Å². The van der Waals surface area contributed by atoms with E-state index in [1.807, 2.05) is 11.3 Å². The van der Waals surface area contributed by atoms with E-state index in [-0.39, 0.29) is 5.91 Å². The number of hydrogen-bond acceptors (Lipinski definition) is 5. The van der Waals surface area contributed by atoms with Crippen molar-refractivity contribution in [2.45, 2.75) is 19.6 Å². The number of fused-ring (bicyclic) bond motifs is 1. The van der Waals surface area contributed by atoms with Crippen LogP contribution in [-0.2, 0) is 11.3 Å². The molecule has 3 atom stereocenters. The second-order valence-electron chi connectivity index (χ2n) is 6.95. The molecule has 0 aliphatic carbocycles. The number of aryl methyl sites for hydroxylation is 1. The summed E-state index contributed by atoms with van der Waals surface area (Å²) >= 11 is 1.87. The molecule has 0 unspecified atom stereocenters. The molecule has 0 radical (unpaired) electrons. The molecule has 4 heterocycles. The molecule has 2 saturated heterocycles. The SMILES string of the molecule is Cc1ccc(CN2C[C@@H]3[C@H](CNC(=O)c4cccnc4)CO[C@@H]3C2)s1. The van der Waals surface area contributed by atoms with Crippen LogP contribution in [0.4, 0.5) is 0 Å². The Morgan fingerprint density at radius 2 is 2.32 bits per heavy atom. The summed E-state index contributed by atoms with van der Waals surface area (Å²) < 4.78 is 6.00. The van der Waals surface area contributed by atoms with Gasteiger partial charge in [-0.15, -0.1) is 11.3 Å². The number of ether oxygens (including phenoxy) is 1. The molecule has 0 spiro atoms. The molecule has 0 aromatic carbocycles. The Labute approximate surface area is 152 Å². The fourth-order valence-electron chi connectivity index (χ4n) is 3.83. The van der Waals surface area contributed by atoms with Gasteiger partial charge in [0, 0.05) is 60.2 Å². The van der Waals surface area contributed by atoms with E-state index in [0.717, 1.165) is 26.2 Å². The van der Waals surface area contributed by atoms with E-state index in [1.54, 1.807) is 24.5 Å². The largest absolute Gasteiger partial charge is 0.376 e. The molecule has 25 heavy (non-hydrogen) atoms. The van der Waals surface area contributed by atoms with Crippen molar-refractivity contribution >= 4 is 17.2 Å². The number of carbonyl (C=O) groups is 1. The Bertz CT molecular complexity index is 733.